The largest absolute Gasteiger partial charge is 0.391 e. The molecule has 18 heavy (non-hydrogen) atoms. The molecule has 0 amide bonds. The average molecular weight is 265 g/mol. The van der Waals surface area contributed by atoms with Crippen molar-refractivity contribution in [3.05, 3.63) is 17.8 Å². The van der Waals surface area contributed by atoms with Crippen LogP contribution in [0, 0.1) is 5.41 Å². The number of nitrogens with one attached hydrogen (secondary N) is 1. The fourth-order valence-electron chi connectivity index (χ4n) is 1.91. The number of hydrogen-bond donors (Lipinski definition) is 2. The van der Waals surface area contributed by atoms with Crippen LogP contribution in [0.2, 0.25) is 0 Å². The molecule has 0 aromatic carbocycles. The Morgan fingerprint density at radius 2 is 2.17 bits per heavy atom. The highest BCUT2D eigenvalue weighted by molar-refractivity contribution is 7.17. The predicted octanol–water partition coefficient (Wildman–Crippen LogP) is 2.90. The van der Waals surface area contributed by atoms with Crippen LogP contribution in [0.15, 0.2) is 17.8 Å². The lowest BCUT2D eigenvalue weighted by Gasteiger charge is -2.22. The van der Waals surface area contributed by atoms with Crippen molar-refractivity contribution in [2.75, 3.05) is 11.9 Å². The summed E-state index contributed by atoms with van der Waals surface area (Å²) in [6.45, 7) is 6.89. The van der Waals surface area contributed by atoms with Gasteiger partial charge in [0.1, 0.15) is 12.1 Å². The maximum absolute atomic E-state index is 9.97. The molecule has 2 aromatic heterocycles. The number of aliphatic hydroxyl groups is 1. The van der Waals surface area contributed by atoms with E-state index in [-0.39, 0.29) is 11.5 Å². The van der Waals surface area contributed by atoms with Crippen molar-refractivity contribution in [3.63, 3.8) is 0 Å². The van der Waals surface area contributed by atoms with Gasteiger partial charge in [0.15, 0.2) is 0 Å². The molecule has 2 heterocycles. The summed E-state index contributed by atoms with van der Waals surface area (Å²) in [5.74, 6) is 0.808. The molecule has 0 fully saturated rings. The number of aliphatic hydroxyl groups excluding tert-OH is 1. The van der Waals surface area contributed by atoms with E-state index in [9.17, 15) is 5.11 Å². The van der Waals surface area contributed by atoms with Gasteiger partial charge in [-0.3, -0.25) is 0 Å². The second-order valence-corrected chi connectivity index (χ2v) is 6.57. The van der Waals surface area contributed by atoms with Crippen molar-refractivity contribution < 1.29 is 5.11 Å². The fraction of sp³-hybridized carbons (Fsp3) is 0.538. The number of nitrogens with zero attached hydrogens (tertiary/aromatic N) is 2. The van der Waals surface area contributed by atoms with Crippen LogP contribution in [0.1, 0.15) is 27.2 Å². The lowest BCUT2D eigenvalue weighted by atomic mass is 9.89. The Balaban J connectivity index is 2.00. The van der Waals surface area contributed by atoms with Crippen molar-refractivity contribution in [1.29, 1.82) is 0 Å². The second kappa shape index (κ2) is 5.20. The Labute approximate surface area is 111 Å². The molecule has 2 aromatic rings. The Morgan fingerprint density at radius 1 is 1.39 bits per heavy atom. The van der Waals surface area contributed by atoms with Gasteiger partial charge in [0.05, 0.1) is 16.3 Å². The number of thiophene rings is 1. The summed E-state index contributed by atoms with van der Waals surface area (Å²) in [5.41, 5.74) is 1.08. The number of rotatable bonds is 4. The molecular formula is C13H19N3OS. The van der Waals surface area contributed by atoms with Crippen molar-refractivity contribution in [1.82, 2.24) is 9.97 Å². The van der Waals surface area contributed by atoms with Crippen LogP contribution in [0.5, 0.6) is 0 Å². The quantitative estimate of drug-likeness (QED) is 0.892. The SMILES string of the molecule is CC(C)(C)CC(O)CNc1ncnc2ccsc12. The minimum Gasteiger partial charge on any atom is -0.391 e. The Kier molecular flexibility index (Phi) is 3.82. The molecule has 2 rings (SSSR count). The highest BCUT2D eigenvalue weighted by atomic mass is 32.1. The molecule has 0 aliphatic heterocycles. The fourth-order valence-corrected chi connectivity index (χ4v) is 2.72. The first-order chi connectivity index (χ1) is 8.46. The zero-order valence-electron chi connectivity index (χ0n) is 11.0. The highest BCUT2D eigenvalue weighted by Gasteiger charge is 2.17. The summed E-state index contributed by atoms with van der Waals surface area (Å²) < 4.78 is 1.04. The van der Waals surface area contributed by atoms with E-state index in [1.165, 1.54) is 0 Å². The van der Waals surface area contributed by atoms with Crippen LogP contribution in [0.4, 0.5) is 5.82 Å². The Morgan fingerprint density at radius 3 is 2.89 bits per heavy atom. The lowest BCUT2D eigenvalue weighted by Crippen LogP contribution is -2.25. The zero-order valence-corrected chi connectivity index (χ0v) is 11.8. The molecule has 0 saturated carbocycles. The number of aromatic nitrogens is 2. The summed E-state index contributed by atoms with van der Waals surface area (Å²) in [6.07, 6.45) is 1.95. The van der Waals surface area contributed by atoms with Gasteiger partial charge in [0.2, 0.25) is 0 Å². The van der Waals surface area contributed by atoms with Gasteiger partial charge in [-0.15, -0.1) is 11.3 Å². The minimum atomic E-state index is -0.366. The Hall–Kier alpha value is -1.20. The third kappa shape index (κ3) is 3.40. The van der Waals surface area contributed by atoms with Crippen LogP contribution in [-0.2, 0) is 0 Å². The van der Waals surface area contributed by atoms with E-state index in [4.69, 9.17) is 0 Å². The van der Waals surface area contributed by atoms with Gasteiger partial charge in [0.25, 0.3) is 0 Å². The van der Waals surface area contributed by atoms with Crippen LogP contribution in [-0.4, -0.2) is 27.7 Å². The van der Waals surface area contributed by atoms with Crippen molar-refractivity contribution in [2.45, 2.75) is 33.3 Å². The molecule has 0 bridgehead atoms. The standard InChI is InChI=1S/C13H19N3OS/c1-13(2,3)6-9(17)7-14-12-11-10(4-5-18-11)15-8-16-12/h4-5,8-9,17H,6-7H2,1-3H3,(H,14,15,16). The summed E-state index contributed by atoms with van der Waals surface area (Å²) in [6, 6.07) is 1.97. The van der Waals surface area contributed by atoms with Crippen LogP contribution < -0.4 is 5.32 Å². The molecule has 1 unspecified atom stereocenters. The third-order valence-corrected chi connectivity index (χ3v) is 3.51. The van der Waals surface area contributed by atoms with Crippen molar-refractivity contribution in [2.24, 2.45) is 5.41 Å². The van der Waals surface area contributed by atoms with E-state index >= 15 is 0 Å². The molecule has 5 heteroatoms. The average Bonchev–Trinajstić information content (AvgIpc) is 2.72. The smallest absolute Gasteiger partial charge is 0.147 e. The highest BCUT2D eigenvalue weighted by Crippen LogP contribution is 2.25. The Bertz CT molecular complexity index is 518. The van der Waals surface area contributed by atoms with Gasteiger partial charge < -0.3 is 10.4 Å². The van der Waals surface area contributed by atoms with Gasteiger partial charge in [-0.1, -0.05) is 20.8 Å². The summed E-state index contributed by atoms with van der Waals surface area (Å²) in [4.78, 5) is 8.41. The first-order valence-electron chi connectivity index (χ1n) is 6.06. The molecule has 0 radical (unpaired) electrons. The van der Waals surface area contributed by atoms with Crippen molar-refractivity contribution in [3.8, 4) is 0 Å². The molecule has 98 valence electrons. The second-order valence-electron chi connectivity index (χ2n) is 5.66. The van der Waals surface area contributed by atoms with E-state index in [2.05, 4.69) is 36.1 Å². The summed E-state index contributed by atoms with van der Waals surface area (Å²) in [5, 5.41) is 15.2. The summed E-state index contributed by atoms with van der Waals surface area (Å²) in [7, 11) is 0. The van der Waals surface area contributed by atoms with Crippen LogP contribution in [0.25, 0.3) is 10.2 Å². The van der Waals surface area contributed by atoms with Crippen molar-refractivity contribution >= 4 is 27.4 Å². The molecule has 4 nitrogen and oxygen atoms in total. The molecule has 2 N–H and O–H groups in total. The molecule has 0 aliphatic carbocycles. The molecule has 0 aliphatic rings. The maximum Gasteiger partial charge on any atom is 0.147 e. The third-order valence-electron chi connectivity index (χ3n) is 2.60. The minimum absolute atomic E-state index is 0.130. The monoisotopic (exact) mass is 265 g/mol. The topological polar surface area (TPSA) is 58.0 Å². The van der Waals surface area contributed by atoms with Gasteiger partial charge in [0, 0.05) is 6.54 Å². The number of fused-ring (bicyclic) bond motifs is 1. The van der Waals surface area contributed by atoms with Crippen LogP contribution in [0.3, 0.4) is 0 Å². The zero-order chi connectivity index (χ0) is 13.2. The first-order valence-corrected chi connectivity index (χ1v) is 6.94. The van der Waals surface area contributed by atoms with Gasteiger partial charge in [-0.2, -0.15) is 0 Å². The maximum atomic E-state index is 9.97. The van der Waals surface area contributed by atoms with Gasteiger partial charge >= 0.3 is 0 Å². The van der Waals surface area contributed by atoms with E-state index in [1.807, 2.05) is 11.4 Å². The molecule has 1 atom stereocenters. The predicted molar refractivity (Wildman–Crippen MR) is 76.0 cm³/mol. The van der Waals surface area contributed by atoms with E-state index < -0.39 is 0 Å². The molecule has 0 spiro atoms. The number of hydrogen-bond acceptors (Lipinski definition) is 5. The number of anilines is 1. The normalized spacial score (nSPS) is 13.8. The summed E-state index contributed by atoms with van der Waals surface area (Å²) >= 11 is 1.61. The molecule has 0 saturated heterocycles. The molecular weight excluding hydrogens is 246 g/mol. The van der Waals surface area contributed by atoms with Gasteiger partial charge in [-0.25, -0.2) is 9.97 Å². The van der Waals surface area contributed by atoms with Gasteiger partial charge in [-0.05, 0) is 23.3 Å². The van der Waals surface area contributed by atoms with E-state index in [0.717, 1.165) is 22.5 Å². The van der Waals surface area contributed by atoms with E-state index in [1.54, 1.807) is 17.7 Å². The lowest BCUT2D eigenvalue weighted by molar-refractivity contribution is 0.132. The van der Waals surface area contributed by atoms with E-state index in [0.29, 0.717) is 6.54 Å². The van der Waals surface area contributed by atoms with Crippen LogP contribution >= 0.6 is 11.3 Å². The first kappa shape index (κ1) is 13.2.